The minimum Gasteiger partial charge on any atom is -0.352 e. The molecule has 0 aromatic carbocycles. The fourth-order valence-corrected chi connectivity index (χ4v) is 2.73. The van der Waals surface area contributed by atoms with Crippen molar-refractivity contribution in [2.75, 3.05) is 6.54 Å². The lowest BCUT2D eigenvalue weighted by atomic mass is 10.1. The standard InChI is InChI=1S/C15H19N3O2/c1-9-7-18(3)15(20)12-11(8-17(2)13(9)12)14(19)16-6-10-4-5-10/h7-8,10H,4-6H2,1-3H3,(H,16,19). The van der Waals surface area contributed by atoms with Crippen LogP contribution in [-0.4, -0.2) is 21.6 Å². The van der Waals surface area contributed by atoms with E-state index in [4.69, 9.17) is 0 Å². The van der Waals surface area contributed by atoms with Crippen LogP contribution in [0, 0.1) is 12.8 Å². The highest BCUT2D eigenvalue weighted by atomic mass is 16.2. The van der Waals surface area contributed by atoms with Crippen molar-refractivity contribution in [1.82, 2.24) is 14.5 Å². The predicted molar refractivity (Wildman–Crippen MR) is 78.0 cm³/mol. The second-order valence-corrected chi connectivity index (χ2v) is 5.76. The summed E-state index contributed by atoms with van der Waals surface area (Å²) in [5.74, 6) is 0.476. The highest BCUT2D eigenvalue weighted by Gasteiger charge is 2.24. The first-order valence-electron chi connectivity index (χ1n) is 6.92. The summed E-state index contributed by atoms with van der Waals surface area (Å²) in [6.45, 7) is 2.66. The smallest absolute Gasteiger partial charge is 0.260 e. The molecule has 1 aliphatic rings. The zero-order valence-corrected chi connectivity index (χ0v) is 12.1. The monoisotopic (exact) mass is 273 g/mol. The third-order valence-electron chi connectivity index (χ3n) is 3.97. The Morgan fingerprint density at radius 3 is 2.65 bits per heavy atom. The fraction of sp³-hybridized carbons (Fsp3) is 0.467. The first kappa shape index (κ1) is 13.0. The summed E-state index contributed by atoms with van der Waals surface area (Å²) in [7, 11) is 3.58. The molecular formula is C15H19N3O2. The number of aryl methyl sites for hydroxylation is 3. The summed E-state index contributed by atoms with van der Waals surface area (Å²) in [4.78, 5) is 24.6. The Labute approximate surface area is 117 Å². The molecule has 1 aliphatic carbocycles. The minimum atomic E-state index is -0.148. The number of carbonyl (C=O) groups is 1. The van der Waals surface area contributed by atoms with Gasteiger partial charge in [0.25, 0.3) is 11.5 Å². The van der Waals surface area contributed by atoms with Crippen molar-refractivity contribution in [1.29, 1.82) is 0 Å². The summed E-state index contributed by atoms with van der Waals surface area (Å²) >= 11 is 0. The van der Waals surface area contributed by atoms with Gasteiger partial charge in [-0.3, -0.25) is 9.59 Å². The Hall–Kier alpha value is -2.04. The molecule has 1 saturated carbocycles. The third-order valence-corrected chi connectivity index (χ3v) is 3.97. The second-order valence-electron chi connectivity index (χ2n) is 5.76. The van der Waals surface area contributed by atoms with Crippen LogP contribution in [-0.2, 0) is 14.1 Å². The Bertz CT molecular complexity index is 751. The number of nitrogens with zero attached hydrogens (tertiary/aromatic N) is 2. The van der Waals surface area contributed by atoms with Crippen LogP contribution in [0.15, 0.2) is 17.2 Å². The number of aromatic nitrogens is 2. The van der Waals surface area contributed by atoms with Gasteiger partial charge in [-0.25, -0.2) is 0 Å². The Morgan fingerprint density at radius 2 is 2.00 bits per heavy atom. The maximum absolute atomic E-state index is 12.3. The van der Waals surface area contributed by atoms with Gasteiger partial charge in [0, 0.05) is 33.0 Å². The van der Waals surface area contributed by atoms with Gasteiger partial charge in [0.05, 0.1) is 16.5 Å². The topological polar surface area (TPSA) is 56.0 Å². The summed E-state index contributed by atoms with van der Waals surface area (Å²) in [5.41, 5.74) is 2.19. The van der Waals surface area contributed by atoms with Crippen molar-refractivity contribution < 1.29 is 4.79 Å². The van der Waals surface area contributed by atoms with Gasteiger partial charge in [-0.15, -0.1) is 0 Å². The molecule has 2 aromatic heterocycles. The van der Waals surface area contributed by atoms with Crippen LogP contribution in [0.5, 0.6) is 0 Å². The van der Waals surface area contributed by atoms with Gasteiger partial charge in [0.2, 0.25) is 0 Å². The van der Waals surface area contributed by atoms with Gasteiger partial charge in [-0.1, -0.05) is 0 Å². The van der Waals surface area contributed by atoms with Gasteiger partial charge < -0.3 is 14.5 Å². The first-order chi connectivity index (χ1) is 9.49. The molecule has 5 nitrogen and oxygen atoms in total. The number of nitrogens with one attached hydrogen (secondary N) is 1. The zero-order valence-electron chi connectivity index (χ0n) is 12.1. The van der Waals surface area contributed by atoms with E-state index in [1.54, 1.807) is 19.4 Å². The van der Waals surface area contributed by atoms with Gasteiger partial charge in [-0.2, -0.15) is 0 Å². The highest BCUT2D eigenvalue weighted by Crippen LogP contribution is 2.28. The molecule has 0 radical (unpaired) electrons. The van der Waals surface area contributed by atoms with Gasteiger partial charge in [0.1, 0.15) is 0 Å². The van der Waals surface area contributed by atoms with E-state index in [9.17, 15) is 9.59 Å². The second kappa shape index (κ2) is 4.51. The van der Waals surface area contributed by atoms with E-state index in [-0.39, 0.29) is 11.5 Å². The van der Waals surface area contributed by atoms with Crippen LogP contribution >= 0.6 is 0 Å². The Balaban J connectivity index is 2.10. The van der Waals surface area contributed by atoms with Gasteiger partial charge >= 0.3 is 0 Å². The molecule has 0 bridgehead atoms. The molecule has 20 heavy (non-hydrogen) atoms. The molecule has 0 unspecified atom stereocenters. The van der Waals surface area contributed by atoms with E-state index >= 15 is 0 Å². The molecular weight excluding hydrogens is 254 g/mol. The fourth-order valence-electron chi connectivity index (χ4n) is 2.73. The van der Waals surface area contributed by atoms with Crippen molar-refractivity contribution in [3.63, 3.8) is 0 Å². The summed E-state index contributed by atoms with van der Waals surface area (Å²) in [5, 5.41) is 3.45. The molecule has 3 rings (SSSR count). The van der Waals surface area contributed by atoms with Crippen molar-refractivity contribution in [3.05, 3.63) is 33.9 Å². The van der Waals surface area contributed by atoms with Crippen LogP contribution < -0.4 is 10.9 Å². The van der Waals surface area contributed by atoms with Crippen molar-refractivity contribution >= 4 is 16.8 Å². The van der Waals surface area contributed by atoms with Crippen molar-refractivity contribution in [2.45, 2.75) is 19.8 Å². The van der Waals surface area contributed by atoms with Crippen LogP contribution in [0.25, 0.3) is 10.9 Å². The molecule has 0 saturated heterocycles. The predicted octanol–water partition coefficient (Wildman–Crippen LogP) is 1.33. The molecule has 1 N–H and O–H groups in total. The van der Waals surface area contributed by atoms with Crippen LogP contribution in [0.4, 0.5) is 0 Å². The highest BCUT2D eigenvalue weighted by molar-refractivity contribution is 6.07. The van der Waals surface area contributed by atoms with Gasteiger partial charge in [-0.05, 0) is 31.2 Å². The largest absolute Gasteiger partial charge is 0.352 e. The lowest BCUT2D eigenvalue weighted by Gasteiger charge is -2.05. The number of hydrogen-bond acceptors (Lipinski definition) is 2. The summed E-state index contributed by atoms with van der Waals surface area (Å²) < 4.78 is 3.40. The van der Waals surface area contributed by atoms with E-state index in [0.29, 0.717) is 23.4 Å². The SMILES string of the molecule is Cc1cn(C)c(=O)c2c(C(=O)NCC3CC3)cn(C)c12. The number of rotatable bonds is 3. The van der Waals surface area contributed by atoms with E-state index in [1.165, 1.54) is 17.4 Å². The average Bonchev–Trinajstić information content (AvgIpc) is 3.15. The molecule has 0 atom stereocenters. The molecule has 2 heterocycles. The molecule has 5 heteroatoms. The van der Waals surface area contributed by atoms with E-state index in [0.717, 1.165) is 11.1 Å². The Morgan fingerprint density at radius 1 is 1.30 bits per heavy atom. The van der Waals surface area contributed by atoms with Crippen molar-refractivity contribution in [3.8, 4) is 0 Å². The number of hydrogen-bond donors (Lipinski definition) is 1. The molecule has 106 valence electrons. The van der Waals surface area contributed by atoms with Gasteiger partial charge in [0.15, 0.2) is 0 Å². The quantitative estimate of drug-likeness (QED) is 0.917. The van der Waals surface area contributed by atoms with E-state index < -0.39 is 0 Å². The number of pyridine rings is 1. The molecule has 0 aliphatic heterocycles. The first-order valence-corrected chi connectivity index (χ1v) is 6.92. The maximum Gasteiger partial charge on any atom is 0.260 e. The number of fused-ring (bicyclic) bond motifs is 1. The molecule has 2 aromatic rings. The Kier molecular flexibility index (Phi) is 2.92. The summed E-state index contributed by atoms with van der Waals surface area (Å²) in [6, 6.07) is 0. The maximum atomic E-state index is 12.3. The van der Waals surface area contributed by atoms with E-state index in [1.807, 2.05) is 18.5 Å². The summed E-state index contributed by atoms with van der Waals surface area (Å²) in [6.07, 6.45) is 5.94. The molecule has 1 amide bonds. The third kappa shape index (κ3) is 2.03. The minimum absolute atomic E-state index is 0.122. The lowest BCUT2D eigenvalue weighted by molar-refractivity contribution is 0.0953. The lowest BCUT2D eigenvalue weighted by Crippen LogP contribution is -2.27. The van der Waals surface area contributed by atoms with E-state index in [2.05, 4.69) is 5.32 Å². The number of amides is 1. The molecule has 1 fully saturated rings. The van der Waals surface area contributed by atoms with Crippen LogP contribution in [0.2, 0.25) is 0 Å². The average molecular weight is 273 g/mol. The van der Waals surface area contributed by atoms with Crippen LogP contribution in [0.3, 0.4) is 0 Å². The number of carbonyl (C=O) groups excluding carboxylic acids is 1. The zero-order chi connectivity index (χ0) is 14.4. The normalized spacial score (nSPS) is 14.8. The van der Waals surface area contributed by atoms with Crippen molar-refractivity contribution in [2.24, 2.45) is 20.0 Å². The molecule has 0 spiro atoms. The van der Waals surface area contributed by atoms with Crippen LogP contribution in [0.1, 0.15) is 28.8 Å².